The third-order valence-electron chi connectivity index (χ3n) is 8.01. The summed E-state index contributed by atoms with van der Waals surface area (Å²) in [6.45, 7) is 2.24. The van der Waals surface area contributed by atoms with Crippen molar-refractivity contribution in [2.75, 3.05) is 0 Å². The van der Waals surface area contributed by atoms with E-state index in [9.17, 15) is 26.3 Å². The number of alkyl halides is 2. The minimum absolute atomic E-state index is 0.112. The summed E-state index contributed by atoms with van der Waals surface area (Å²) in [5.74, 6) is -4.78. The van der Waals surface area contributed by atoms with Crippen LogP contribution in [0.3, 0.4) is 0 Å². The van der Waals surface area contributed by atoms with E-state index in [1.54, 1.807) is 0 Å². The summed E-state index contributed by atoms with van der Waals surface area (Å²) in [6, 6.07) is 4.14. The van der Waals surface area contributed by atoms with Crippen molar-refractivity contribution in [3.8, 4) is 5.75 Å². The summed E-state index contributed by atoms with van der Waals surface area (Å²) < 4.78 is 88.0. The van der Waals surface area contributed by atoms with Crippen LogP contribution in [0.4, 0.5) is 26.3 Å². The van der Waals surface area contributed by atoms with Crippen molar-refractivity contribution in [2.24, 2.45) is 17.8 Å². The smallest absolute Gasteiger partial charge is 0.429 e. The largest absolute Gasteiger partial charge is 0.429 e. The highest BCUT2D eigenvalue weighted by Gasteiger charge is 2.39. The molecule has 0 N–H and O–H groups in total. The monoisotopic (exact) mass is 498 g/mol. The van der Waals surface area contributed by atoms with Gasteiger partial charge in [0.1, 0.15) is 11.6 Å². The van der Waals surface area contributed by atoms with Gasteiger partial charge in [-0.1, -0.05) is 38.7 Å². The third-order valence-corrected chi connectivity index (χ3v) is 8.01. The highest BCUT2D eigenvalue weighted by Crippen LogP contribution is 2.45. The first-order valence-corrected chi connectivity index (χ1v) is 12.7. The third kappa shape index (κ3) is 5.97. The molecule has 0 bridgehead atoms. The molecule has 192 valence electrons. The molecule has 0 spiro atoms. The van der Waals surface area contributed by atoms with Crippen molar-refractivity contribution in [3.63, 3.8) is 0 Å². The van der Waals surface area contributed by atoms with Gasteiger partial charge in [-0.25, -0.2) is 17.6 Å². The van der Waals surface area contributed by atoms with Gasteiger partial charge in [0.2, 0.25) is 0 Å². The first-order chi connectivity index (χ1) is 16.7. The predicted molar refractivity (Wildman–Crippen MR) is 122 cm³/mol. The van der Waals surface area contributed by atoms with Crippen LogP contribution in [0.25, 0.3) is 0 Å². The van der Waals surface area contributed by atoms with Crippen LogP contribution in [-0.4, -0.2) is 0 Å². The van der Waals surface area contributed by atoms with E-state index >= 15 is 0 Å². The SMILES string of the molecule is CCC[C@H]1CC[C@H](C2CCC(c3ccc(C(F)(F)Oc4cc(F)c(F)c(F)c4)c(F)c3)CC2)CC1. The molecular weight excluding hydrogens is 466 g/mol. The standard InChI is InChI=1S/C28H32F6O/c1-2-3-17-4-6-18(7-5-17)19-8-10-20(11-9-19)21-12-13-23(24(29)14-21)28(33,34)35-22-15-25(30)27(32)26(31)16-22/h12-20H,2-11H2,1H3/t17-,18-,19?,20?. The van der Waals surface area contributed by atoms with Crippen LogP contribution >= 0.6 is 0 Å². The Morgan fingerprint density at radius 1 is 0.771 bits per heavy atom. The molecule has 0 heterocycles. The molecule has 2 aliphatic rings. The van der Waals surface area contributed by atoms with Gasteiger partial charge in [-0.05, 0) is 79.9 Å². The number of ether oxygens (including phenoxy) is 1. The fourth-order valence-corrected chi connectivity index (χ4v) is 6.10. The zero-order valence-electron chi connectivity index (χ0n) is 19.9. The van der Waals surface area contributed by atoms with Crippen LogP contribution in [0.5, 0.6) is 5.75 Å². The summed E-state index contributed by atoms with van der Waals surface area (Å²) in [7, 11) is 0. The lowest BCUT2D eigenvalue weighted by atomic mass is 9.68. The normalized spacial score (nSPS) is 25.5. The Bertz CT molecular complexity index is 983. The number of halogens is 6. The van der Waals surface area contributed by atoms with Gasteiger partial charge in [0.15, 0.2) is 17.5 Å². The first kappa shape index (κ1) is 25.9. The molecule has 4 rings (SSSR count). The molecule has 0 amide bonds. The van der Waals surface area contributed by atoms with Crippen LogP contribution < -0.4 is 4.74 Å². The van der Waals surface area contributed by atoms with Crippen molar-refractivity contribution in [2.45, 2.75) is 83.2 Å². The highest BCUT2D eigenvalue weighted by atomic mass is 19.3. The molecule has 35 heavy (non-hydrogen) atoms. The zero-order valence-corrected chi connectivity index (χ0v) is 19.9. The van der Waals surface area contributed by atoms with Gasteiger partial charge in [0.05, 0.1) is 5.56 Å². The second kappa shape index (κ2) is 10.8. The molecule has 0 atom stereocenters. The molecule has 2 aromatic rings. The van der Waals surface area contributed by atoms with E-state index in [0.29, 0.717) is 23.6 Å². The predicted octanol–water partition coefficient (Wildman–Crippen LogP) is 9.25. The quantitative estimate of drug-likeness (QED) is 0.273. The summed E-state index contributed by atoms with van der Waals surface area (Å²) >= 11 is 0. The second-order valence-electron chi connectivity index (χ2n) is 10.2. The molecule has 0 unspecified atom stereocenters. The molecule has 0 saturated heterocycles. The van der Waals surface area contributed by atoms with Gasteiger partial charge in [-0.2, -0.15) is 8.78 Å². The maximum Gasteiger partial charge on any atom is 0.429 e. The molecule has 2 saturated carbocycles. The summed E-state index contributed by atoms with van der Waals surface area (Å²) in [4.78, 5) is 0. The van der Waals surface area contributed by atoms with Gasteiger partial charge < -0.3 is 4.74 Å². The van der Waals surface area contributed by atoms with Crippen LogP contribution in [0.2, 0.25) is 0 Å². The molecular formula is C28H32F6O. The second-order valence-corrected chi connectivity index (χ2v) is 10.2. The van der Waals surface area contributed by atoms with Gasteiger partial charge in [-0.15, -0.1) is 0 Å². The zero-order chi connectivity index (χ0) is 25.2. The van der Waals surface area contributed by atoms with Gasteiger partial charge in [0, 0.05) is 12.1 Å². The van der Waals surface area contributed by atoms with Gasteiger partial charge >= 0.3 is 6.11 Å². The van der Waals surface area contributed by atoms with E-state index in [1.807, 2.05) is 0 Å². The lowest BCUT2D eigenvalue weighted by molar-refractivity contribution is -0.187. The van der Waals surface area contributed by atoms with Crippen molar-refractivity contribution < 1.29 is 31.1 Å². The van der Waals surface area contributed by atoms with E-state index in [0.717, 1.165) is 49.7 Å². The fourth-order valence-electron chi connectivity index (χ4n) is 6.10. The average Bonchev–Trinajstić information content (AvgIpc) is 2.83. The molecule has 7 heteroatoms. The molecule has 2 aromatic carbocycles. The first-order valence-electron chi connectivity index (χ1n) is 12.7. The Hall–Kier alpha value is -2.18. The van der Waals surface area contributed by atoms with E-state index in [4.69, 9.17) is 0 Å². The Kier molecular flexibility index (Phi) is 8.02. The van der Waals surface area contributed by atoms with Crippen LogP contribution in [0, 0.1) is 41.0 Å². The maximum absolute atomic E-state index is 14.7. The maximum atomic E-state index is 14.7. The van der Waals surface area contributed by atoms with Crippen LogP contribution in [0.15, 0.2) is 30.3 Å². The summed E-state index contributed by atoms with van der Waals surface area (Å²) in [6.07, 6.45) is 7.54. The topological polar surface area (TPSA) is 9.23 Å². The number of rotatable bonds is 7. The molecule has 0 aliphatic heterocycles. The Balaban J connectivity index is 1.37. The number of hydrogen-bond acceptors (Lipinski definition) is 1. The van der Waals surface area contributed by atoms with Crippen molar-refractivity contribution >= 4 is 0 Å². The molecule has 2 fully saturated rings. The van der Waals surface area contributed by atoms with Crippen molar-refractivity contribution in [3.05, 3.63) is 64.7 Å². The van der Waals surface area contributed by atoms with Gasteiger partial charge in [0.25, 0.3) is 0 Å². The van der Waals surface area contributed by atoms with Crippen LogP contribution in [0.1, 0.15) is 88.2 Å². The molecule has 0 aromatic heterocycles. The van der Waals surface area contributed by atoms with Crippen molar-refractivity contribution in [1.29, 1.82) is 0 Å². The summed E-state index contributed by atoms with van der Waals surface area (Å²) in [5.41, 5.74) is -0.366. The Morgan fingerprint density at radius 3 is 1.89 bits per heavy atom. The number of benzene rings is 2. The molecule has 0 radical (unpaired) electrons. The van der Waals surface area contributed by atoms with E-state index in [2.05, 4.69) is 11.7 Å². The van der Waals surface area contributed by atoms with E-state index in [1.165, 1.54) is 44.6 Å². The molecule has 1 nitrogen and oxygen atoms in total. The van der Waals surface area contributed by atoms with E-state index in [-0.39, 0.29) is 5.92 Å². The minimum Gasteiger partial charge on any atom is -0.429 e. The minimum atomic E-state index is -4.19. The van der Waals surface area contributed by atoms with Gasteiger partial charge in [-0.3, -0.25) is 0 Å². The van der Waals surface area contributed by atoms with Crippen molar-refractivity contribution in [1.82, 2.24) is 0 Å². The van der Waals surface area contributed by atoms with E-state index < -0.39 is 40.7 Å². The lowest BCUT2D eigenvalue weighted by Gasteiger charge is -2.38. The summed E-state index contributed by atoms with van der Waals surface area (Å²) in [5, 5.41) is 0. The fraction of sp³-hybridized carbons (Fsp3) is 0.571. The highest BCUT2D eigenvalue weighted by molar-refractivity contribution is 5.31. The number of hydrogen-bond donors (Lipinski definition) is 0. The lowest BCUT2D eigenvalue weighted by Crippen LogP contribution is -2.26. The molecule has 2 aliphatic carbocycles. The average molecular weight is 499 g/mol. The Morgan fingerprint density at radius 2 is 1.34 bits per heavy atom. The van der Waals surface area contributed by atoms with Crippen LogP contribution in [-0.2, 0) is 6.11 Å². The Labute approximate surface area is 202 Å².